The van der Waals surface area contributed by atoms with Crippen LogP contribution in [-0.2, 0) is 0 Å². The molecule has 35 heavy (non-hydrogen) atoms. The van der Waals surface area contributed by atoms with Crippen LogP contribution in [0.2, 0.25) is 5.02 Å². The quantitative estimate of drug-likeness (QED) is 0.400. The molecule has 3 aromatic rings. The fourth-order valence-electron chi connectivity index (χ4n) is 3.90. The molecule has 0 unspecified atom stereocenters. The number of anilines is 2. The van der Waals surface area contributed by atoms with Gasteiger partial charge in [-0.1, -0.05) is 17.7 Å². The maximum absolute atomic E-state index is 13.0. The predicted molar refractivity (Wildman–Crippen MR) is 134 cm³/mol. The van der Waals surface area contributed by atoms with Crippen molar-refractivity contribution in [3.05, 3.63) is 93.0 Å². The van der Waals surface area contributed by atoms with Gasteiger partial charge in [0.15, 0.2) is 0 Å². The van der Waals surface area contributed by atoms with Crippen LogP contribution in [0.15, 0.2) is 66.7 Å². The summed E-state index contributed by atoms with van der Waals surface area (Å²) in [5, 5.41) is 14.2. The molecule has 1 fully saturated rings. The molecular weight excluding hydrogens is 472 g/mol. The summed E-state index contributed by atoms with van der Waals surface area (Å²) < 4.78 is 5.31. The normalized spacial score (nSPS) is 13.3. The van der Waals surface area contributed by atoms with E-state index < -0.39 is 10.8 Å². The molecule has 1 N–H and O–H groups in total. The number of hydrogen-bond acceptors (Lipinski definition) is 6. The monoisotopic (exact) mass is 494 g/mol. The number of amides is 2. The molecule has 9 nitrogen and oxygen atoms in total. The SMILES string of the molecule is COc1ccc(Cl)cc1C(=O)N1CCN(c2ccc(NC(=O)c3cccc([N+](=O)[O-])c3)cc2)CC1. The van der Waals surface area contributed by atoms with Crippen molar-refractivity contribution in [1.29, 1.82) is 0 Å². The highest BCUT2D eigenvalue weighted by Gasteiger charge is 2.25. The van der Waals surface area contributed by atoms with Crippen molar-refractivity contribution in [3.8, 4) is 5.75 Å². The standard InChI is InChI=1S/C25H23ClN4O5/c1-35-23-10-5-18(26)16-22(23)25(32)29-13-11-28(12-14-29)20-8-6-19(7-9-20)27-24(31)17-3-2-4-21(15-17)30(33)34/h2-10,15-16H,11-14H2,1H3,(H,27,31). The van der Waals surface area contributed by atoms with E-state index in [4.69, 9.17) is 16.3 Å². The summed E-state index contributed by atoms with van der Waals surface area (Å²) in [6.07, 6.45) is 0. The highest BCUT2D eigenvalue weighted by molar-refractivity contribution is 6.31. The Bertz CT molecular complexity index is 1260. The van der Waals surface area contributed by atoms with Crippen LogP contribution in [0.1, 0.15) is 20.7 Å². The van der Waals surface area contributed by atoms with E-state index in [9.17, 15) is 19.7 Å². The Morgan fingerprint density at radius 2 is 1.71 bits per heavy atom. The topological polar surface area (TPSA) is 105 Å². The van der Waals surface area contributed by atoms with Gasteiger partial charge in [-0.3, -0.25) is 19.7 Å². The highest BCUT2D eigenvalue weighted by Crippen LogP contribution is 2.26. The first-order valence-corrected chi connectivity index (χ1v) is 11.3. The van der Waals surface area contributed by atoms with Crippen molar-refractivity contribution in [2.45, 2.75) is 0 Å². The number of nitrogens with zero attached hydrogens (tertiary/aromatic N) is 3. The van der Waals surface area contributed by atoms with Crippen molar-refractivity contribution in [1.82, 2.24) is 4.90 Å². The van der Waals surface area contributed by atoms with Crippen molar-refractivity contribution < 1.29 is 19.2 Å². The van der Waals surface area contributed by atoms with Crippen molar-refractivity contribution in [3.63, 3.8) is 0 Å². The highest BCUT2D eigenvalue weighted by atomic mass is 35.5. The Balaban J connectivity index is 1.36. The lowest BCUT2D eigenvalue weighted by Gasteiger charge is -2.36. The summed E-state index contributed by atoms with van der Waals surface area (Å²) in [4.78, 5) is 39.8. The van der Waals surface area contributed by atoms with Crippen molar-refractivity contribution in [2.24, 2.45) is 0 Å². The molecule has 1 heterocycles. The summed E-state index contributed by atoms with van der Waals surface area (Å²) in [7, 11) is 1.52. The number of ether oxygens (including phenoxy) is 1. The van der Waals surface area contributed by atoms with E-state index in [1.54, 1.807) is 35.2 Å². The number of nitro benzene ring substituents is 1. The minimum Gasteiger partial charge on any atom is -0.496 e. The lowest BCUT2D eigenvalue weighted by atomic mass is 10.1. The van der Waals surface area contributed by atoms with Gasteiger partial charge in [-0.15, -0.1) is 0 Å². The first-order chi connectivity index (χ1) is 16.9. The second-order valence-electron chi connectivity index (χ2n) is 7.93. The number of piperazine rings is 1. The molecule has 0 aromatic heterocycles. The van der Waals surface area contributed by atoms with Gasteiger partial charge in [-0.05, 0) is 48.5 Å². The van der Waals surface area contributed by atoms with Crippen LogP contribution in [0, 0.1) is 10.1 Å². The zero-order valence-corrected chi connectivity index (χ0v) is 19.7. The third kappa shape index (κ3) is 5.52. The van der Waals surface area contributed by atoms with E-state index in [1.807, 2.05) is 12.1 Å². The lowest BCUT2D eigenvalue weighted by molar-refractivity contribution is -0.384. The molecule has 0 bridgehead atoms. The van der Waals surface area contributed by atoms with Gasteiger partial charge in [0, 0.05) is 60.3 Å². The minimum absolute atomic E-state index is 0.122. The van der Waals surface area contributed by atoms with Gasteiger partial charge in [0.2, 0.25) is 0 Å². The molecule has 4 rings (SSSR count). The van der Waals surface area contributed by atoms with Crippen LogP contribution >= 0.6 is 11.6 Å². The number of benzene rings is 3. The molecule has 3 aromatic carbocycles. The number of carbonyl (C=O) groups excluding carboxylic acids is 2. The molecule has 10 heteroatoms. The fourth-order valence-corrected chi connectivity index (χ4v) is 4.08. The zero-order valence-electron chi connectivity index (χ0n) is 18.9. The predicted octanol–water partition coefficient (Wildman–Crippen LogP) is 4.47. The number of rotatable bonds is 6. The van der Waals surface area contributed by atoms with E-state index in [1.165, 1.54) is 31.4 Å². The van der Waals surface area contributed by atoms with Crippen LogP contribution in [0.25, 0.3) is 0 Å². The average Bonchev–Trinajstić information content (AvgIpc) is 2.89. The molecule has 1 saturated heterocycles. The number of nitrogens with one attached hydrogen (secondary N) is 1. The minimum atomic E-state index is -0.537. The Morgan fingerprint density at radius 3 is 2.37 bits per heavy atom. The molecule has 1 aliphatic rings. The maximum Gasteiger partial charge on any atom is 0.270 e. The van der Waals surface area contributed by atoms with E-state index in [0.29, 0.717) is 48.2 Å². The lowest BCUT2D eigenvalue weighted by Crippen LogP contribution is -2.48. The third-order valence-electron chi connectivity index (χ3n) is 5.77. The number of nitro groups is 1. The van der Waals surface area contributed by atoms with Gasteiger partial charge in [0.25, 0.3) is 17.5 Å². The van der Waals surface area contributed by atoms with E-state index in [0.717, 1.165) is 5.69 Å². The van der Waals surface area contributed by atoms with E-state index in [2.05, 4.69) is 10.2 Å². The van der Waals surface area contributed by atoms with Crippen molar-refractivity contribution in [2.75, 3.05) is 43.5 Å². The first-order valence-electron chi connectivity index (χ1n) is 10.9. The molecule has 0 saturated carbocycles. The Hall–Kier alpha value is -4.11. The second-order valence-corrected chi connectivity index (χ2v) is 8.37. The number of hydrogen-bond donors (Lipinski definition) is 1. The molecule has 180 valence electrons. The summed E-state index contributed by atoms with van der Waals surface area (Å²) in [6.45, 7) is 2.38. The zero-order chi connectivity index (χ0) is 24.9. The molecule has 0 aliphatic carbocycles. The van der Waals surface area contributed by atoms with Crippen LogP contribution in [-0.4, -0.2) is 54.9 Å². The number of halogens is 1. The Labute approximate surface area is 207 Å². The van der Waals surface area contributed by atoms with Crippen molar-refractivity contribution >= 4 is 40.5 Å². The number of non-ortho nitro benzene ring substituents is 1. The average molecular weight is 495 g/mol. The van der Waals surface area contributed by atoms with Crippen LogP contribution in [0.3, 0.4) is 0 Å². The number of methoxy groups -OCH3 is 1. The summed E-state index contributed by atoms with van der Waals surface area (Å²) in [5.41, 5.74) is 2.05. The van der Waals surface area contributed by atoms with E-state index in [-0.39, 0.29) is 17.2 Å². The Morgan fingerprint density at radius 1 is 1.00 bits per heavy atom. The van der Waals surface area contributed by atoms with Crippen LogP contribution in [0.4, 0.5) is 17.1 Å². The second kappa shape index (κ2) is 10.4. The molecule has 0 radical (unpaired) electrons. The summed E-state index contributed by atoms with van der Waals surface area (Å²) in [6, 6.07) is 17.9. The summed E-state index contributed by atoms with van der Waals surface area (Å²) >= 11 is 6.07. The van der Waals surface area contributed by atoms with Gasteiger partial charge < -0.3 is 19.9 Å². The van der Waals surface area contributed by atoms with Gasteiger partial charge in [0.1, 0.15) is 5.75 Å². The van der Waals surface area contributed by atoms with E-state index >= 15 is 0 Å². The fraction of sp³-hybridized carbons (Fsp3) is 0.200. The molecule has 2 amide bonds. The largest absolute Gasteiger partial charge is 0.496 e. The van der Waals surface area contributed by atoms with Gasteiger partial charge in [-0.2, -0.15) is 0 Å². The Kier molecular flexibility index (Phi) is 7.17. The maximum atomic E-state index is 13.0. The smallest absolute Gasteiger partial charge is 0.270 e. The van der Waals surface area contributed by atoms with Crippen LogP contribution in [0.5, 0.6) is 5.75 Å². The molecule has 0 atom stereocenters. The van der Waals surface area contributed by atoms with Gasteiger partial charge in [-0.25, -0.2) is 0 Å². The summed E-state index contributed by atoms with van der Waals surface area (Å²) in [5.74, 6) is -0.0576. The van der Waals surface area contributed by atoms with Gasteiger partial charge in [0.05, 0.1) is 17.6 Å². The molecule has 1 aliphatic heterocycles. The first kappa shape index (κ1) is 24.0. The number of carbonyl (C=O) groups is 2. The van der Waals surface area contributed by atoms with Crippen LogP contribution < -0.4 is 15.0 Å². The molecule has 0 spiro atoms. The van der Waals surface area contributed by atoms with Gasteiger partial charge >= 0.3 is 0 Å². The molecular formula is C25H23ClN4O5. The third-order valence-corrected chi connectivity index (χ3v) is 6.00.